The third-order valence-electron chi connectivity index (χ3n) is 12.3. The van der Waals surface area contributed by atoms with Crippen molar-refractivity contribution in [2.75, 3.05) is 0 Å². The van der Waals surface area contributed by atoms with E-state index in [0.717, 1.165) is 17.0 Å². The summed E-state index contributed by atoms with van der Waals surface area (Å²) in [5.41, 5.74) is 16.9. The number of hydrogen-bond donors (Lipinski definition) is 2. The molecule has 1 aromatic heterocycles. The van der Waals surface area contributed by atoms with Gasteiger partial charge in [0.2, 0.25) is 0 Å². The van der Waals surface area contributed by atoms with Crippen molar-refractivity contribution in [2.45, 2.75) is 17.7 Å². The molecule has 8 aromatic carbocycles. The van der Waals surface area contributed by atoms with Crippen LogP contribution in [0, 0.1) is 0 Å². The van der Waals surface area contributed by atoms with Gasteiger partial charge in [0.05, 0.1) is 22.1 Å². The first-order valence-corrected chi connectivity index (χ1v) is 19.5. The first kappa shape index (κ1) is 31.4. The van der Waals surface area contributed by atoms with Crippen molar-refractivity contribution < 1.29 is 0 Å². The van der Waals surface area contributed by atoms with E-state index >= 15 is 0 Å². The molecule has 0 radical (unpaired) electrons. The first-order valence-electron chi connectivity index (χ1n) is 19.5. The molecule has 9 aromatic rings. The molecule has 264 valence electrons. The van der Waals surface area contributed by atoms with Gasteiger partial charge in [0, 0.05) is 16.3 Å². The Labute approximate surface area is 325 Å². The van der Waals surface area contributed by atoms with E-state index in [9.17, 15) is 0 Å². The molecule has 3 heterocycles. The Morgan fingerprint density at radius 2 is 1.05 bits per heavy atom. The molecule has 4 nitrogen and oxygen atoms in total. The molecule has 2 unspecified atom stereocenters. The fourth-order valence-corrected chi connectivity index (χ4v) is 9.89. The number of nitrogens with one attached hydrogen (secondary N) is 2. The second-order valence-electron chi connectivity index (χ2n) is 15.2. The molecule has 0 amide bonds. The number of fused-ring (bicyclic) bond motifs is 12. The summed E-state index contributed by atoms with van der Waals surface area (Å²) in [5.74, 6) is 0.877. The van der Waals surface area contributed by atoms with Crippen LogP contribution in [-0.2, 0) is 5.41 Å². The van der Waals surface area contributed by atoms with Gasteiger partial charge in [-0.3, -0.25) is 5.32 Å². The molecule has 0 bridgehead atoms. The maximum absolute atomic E-state index is 5.20. The molecule has 0 fully saturated rings. The smallest absolute Gasteiger partial charge is 0.131 e. The Hall–Kier alpha value is -7.01. The molecule has 2 aliphatic heterocycles. The number of aromatic nitrogens is 1. The zero-order valence-electron chi connectivity index (χ0n) is 30.5. The topological polar surface area (TPSA) is 41.4 Å². The van der Waals surface area contributed by atoms with Crippen LogP contribution in [0.2, 0.25) is 0 Å². The highest BCUT2D eigenvalue weighted by atomic mass is 15.3. The van der Waals surface area contributed by atoms with Gasteiger partial charge in [-0.1, -0.05) is 176 Å². The number of nitrogens with zero attached hydrogens (tertiary/aromatic N) is 2. The van der Waals surface area contributed by atoms with Crippen molar-refractivity contribution in [3.63, 3.8) is 0 Å². The molecule has 4 heteroatoms. The van der Waals surface area contributed by atoms with E-state index in [1.54, 1.807) is 0 Å². The fourth-order valence-electron chi connectivity index (χ4n) is 9.89. The molecule has 1 spiro atoms. The molecule has 0 saturated heterocycles. The van der Waals surface area contributed by atoms with Crippen molar-refractivity contribution >= 4 is 27.6 Å². The van der Waals surface area contributed by atoms with Crippen LogP contribution >= 0.6 is 0 Å². The number of rotatable bonds is 4. The standard InChI is InChI=1S/C52H36N4/c1-3-14-34(15-4-1)49-53-50(35-16-5-2-6-17-35)55-51(54-49)36-28-26-33(27-29-36)37-30-31-47-45(32-37)52(42-22-10-7-18-38(42)39-19-8-11-23-43(39)52)44-24-13-21-41-40-20-9-12-25-46(40)56(47)48(41)44/h1-32,49-50,53H,(H,54,55). The summed E-state index contributed by atoms with van der Waals surface area (Å²) in [4.78, 5) is 5.20. The van der Waals surface area contributed by atoms with E-state index in [1.165, 1.54) is 77.6 Å². The maximum Gasteiger partial charge on any atom is 0.131 e. The van der Waals surface area contributed by atoms with Gasteiger partial charge in [0.25, 0.3) is 0 Å². The normalized spacial score (nSPS) is 17.2. The van der Waals surface area contributed by atoms with Crippen molar-refractivity contribution in [1.29, 1.82) is 0 Å². The van der Waals surface area contributed by atoms with Gasteiger partial charge in [-0.2, -0.15) is 0 Å². The van der Waals surface area contributed by atoms with Crippen LogP contribution in [0.1, 0.15) is 51.3 Å². The third-order valence-corrected chi connectivity index (χ3v) is 12.3. The zero-order chi connectivity index (χ0) is 36.8. The van der Waals surface area contributed by atoms with Crippen LogP contribution in [0.25, 0.3) is 49.7 Å². The second kappa shape index (κ2) is 12.0. The summed E-state index contributed by atoms with van der Waals surface area (Å²) >= 11 is 0. The largest absolute Gasteiger partial charge is 0.350 e. The van der Waals surface area contributed by atoms with Crippen LogP contribution in [0.4, 0.5) is 0 Å². The van der Waals surface area contributed by atoms with Gasteiger partial charge in [-0.05, 0) is 73.8 Å². The lowest BCUT2D eigenvalue weighted by Crippen LogP contribution is -2.44. The van der Waals surface area contributed by atoms with Crippen LogP contribution in [0.3, 0.4) is 0 Å². The lowest BCUT2D eigenvalue weighted by Gasteiger charge is -2.40. The minimum atomic E-state index is -0.477. The summed E-state index contributed by atoms with van der Waals surface area (Å²) in [7, 11) is 0. The monoisotopic (exact) mass is 716 g/mol. The summed E-state index contributed by atoms with van der Waals surface area (Å²) in [5, 5.41) is 9.99. The van der Waals surface area contributed by atoms with Crippen molar-refractivity contribution in [2.24, 2.45) is 4.99 Å². The fraction of sp³-hybridized carbons (Fsp3) is 0.0577. The lowest BCUT2D eigenvalue weighted by molar-refractivity contribution is 0.409. The Morgan fingerprint density at radius 3 is 1.80 bits per heavy atom. The summed E-state index contributed by atoms with van der Waals surface area (Å²) in [6.07, 6.45) is -0.257. The minimum absolute atomic E-state index is 0.0818. The van der Waals surface area contributed by atoms with Crippen molar-refractivity contribution in [3.8, 4) is 27.9 Å². The maximum atomic E-state index is 5.20. The predicted molar refractivity (Wildman–Crippen MR) is 228 cm³/mol. The summed E-state index contributed by atoms with van der Waals surface area (Å²) in [6, 6.07) is 71.0. The SMILES string of the molecule is c1ccc(C2N=C(c3ccc(-c4ccc5c(c4)C4(c6ccccc6-c6ccccc64)c4cccc6c7ccccc7n-5c46)cc3)NC(c3ccccc3)N2)cc1. The number of para-hydroxylation sites is 2. The zero-order valence-corrected chi connectivity index (χ0v) is 30.5. The average Bonchev–Trinajstić information content (AvgIpc) is 3.77. The van der Waals surface area contributed by atoms with E-state index in [0.29, 0.717) is 0 Å². The molecule has 12 rings (SSSR count). The number of aliphatic imine (C=N–C) groups is 1. The van der Waals surface area contributed by atoms with Gasteiger partial charge in [-0.25, -0.2) is 4.99 Å². The summed E-state index contributed by atoms with van der Waals surface area (Å²) in [6.45, 7) is 0. The van der Waals surface area contributed by atoms with Gasteiger partial charge in [0.15, 0.2) is 0 Å². The van der Waals surface area contributed by atoms with Crippen LogP contribution in [0.5, 0.6) is 0 Å². The highest BCUT2D eigenvalue weighted by Gasteiger charge is 2.50. The van der Waals surface area contributed by atoms with E-state index in [1.807, 2.05) is 0 Å². The summed E-state index contributed by atoms with van der Waals surface area (Å²) < 4.78 is 2.52. The van der Waals surface area contributed by atoms with Gasteiger partial charge >= 0.3 is 0 Å². The molecular formula is C52H36N4. The van der Waals surface area contributed by atoms with Gasteiger partial charge in [0.1, 0.15) is 18.2 Å². The van der Waals surface area contributed by atoms with Gasteiger partial charge in [-0.15, -0.1) is 0 Å². The lowest BCUT2D eigenvalue weighted by atomic mass is 9.65. The second-order valence-corrected chi connectivity index (χ2v) is 15.2. The van der Waals surface area contributed by atoms with Gasteiger partial charge < -0.3 is 9.88 Å². The minimum Gasteiger partial charge on any atom is -0.350 e. The van der Waals surface area contributed by atoms with E-state index in [2.05, 4.69) is 209 Å². The highest BCUT2D eigenvalue weighted by molar-refractivity contribution is 6.13. The number of benzene rings is 8. The van der Waals surface area contributed by atoms with E-state index in [4.69, 9.17) is 4.99 Å². The van der Waals surface area contributed by atoms with E-state index < -0.39 is 5.41 Å². The predicted octanol–water partition coefficient (Wildman–Crippen LogP) is 11.5. The van der Waals surface area contributed by atoms with Crippen molar-refractivity contribution in [1.82, 2.24) is 15.2 Å². The molecular weight excluding hydrogens is 681 g/mol. The Balaban J connectivity index is 1.03. The average molecular weight is 717 g/mol. The number of amidine groups is 1. The molecule has 0 saturated carbocycles. The molecule has 2 atom stereocenters. The van der Waals surface area contributed by atoms with Crippen molar-refractivity contribution in [3.05, 3.63) is 233 Å². The molecule has 2 N–H and O–H groups in total. The molecule has 3 aliphatic rings. The number of hydrogen-bond acceptors (Lipinski definition) is 3. The van der Waals surface area contributed by atoms with Crippen LogP contribution in [0.15, 0.2) is 199 Å². The van der Waals surface area contributed by atoms with Crippen LogP contribution < -0.4 is 10.6 Å². The van der Waals surface area contributed by atoms with Crippen LogP contribution in [-0.4, -0.2) is 10.4 Å². The Morgan fingerprint density at radius 1 is 0.464 bits per heavy atom. The Kier molecular flexibility index (Phi) is 6.72. The Bertz CT molecular complexity index is 2990. The third kappa shape index (κ3) is 4.36. The highest BCUT2D eigenvalue weighted by Crippen LogP contribution is 2.61. The molecule has 56 heavy (non-hydrogen) atoms. The first-order chi connectivity index (χ1) is 27.8. The van der Waals surface area contributed by atoms with E-state index in [-0.39, 0.29) is 12.3 Å². The molecule has 1 aliphatic carbocycles. The quantitative estimate of drug-likeness (QED) is 0.190.